The highest BCUT2D eigenvalue weighted by molar-refractivity contribution is 7.45. The van der Waals surface area contributed by atoms with E-state index in [1.54, 1.807) is 0 Å². The van der Waals surface area contributed by atoms with E-state index in [1.807, 2.05) is 21.1 Å². The van der Waals surface area contributed by atoms with E-state index in [2.05, 4.69) is 135 Å². The van der Waals surface area contributed by atoms with Crippen molar-refractivity contribution in [2.45, 2.75) is 206 Å². The summed E-state index contributed by atoms with van der Waals surface area (Å²) in [4.78, 5) is 37.7. The number of carbonyl (C=O) groups is 2. The molecule has 0 spiro atoms. The minimum absolute atomic E-state index is 0.0427. The van der Waals surface area contributed by atoms with Gasteiger partial charge in [-0.25, -0.2) is 0 Å². The molecular weight excluding hydrogens is 906 g/mol. The molecule has 404 valence electrons. The molecule has 0 aromatic carbocycles. The number of unbranched alkanes of at least 4 members (excludes halogenated alkanes) is 15. The van der Waals surface area contributed by atoms with Crippen LogP contribution in [0.5, 0.6) is 0 Å². The third kappa shape index (κ3) is 55.6. The summed E-state index contributed by atoms with van der Waals surface area (Å²) in [5.74, 6) is -0.875. The van der Waals surface area contributed by atoms with Gasteiger partial charge in [0.2, 0.25) is 0 Å². The van der Waals surface area contributed by atoms with Crippen molar-refractivity contribution in [1.29, 1.82) is 0 Å². The van der Waals surface area contributed by atoms with Crippen LogP contribution in [0.25, 0.3) is 0 Å². The number of carbonyl (C=O) groups excluding carboxylic acids is 2. The van der Waals surface area contributed by atoms with Gasteiger partial charge in [-0.1, -0.05) is 200 Å². The topological polar surface area (TPSA) is 111 Å². The van der Waals surface area contributed by atoms with E-state index in [-0.39, 0.29) is 26.1 Å². The lowest BCUT2D eigenvalue weighted by molar-refractivity contribution is -0.870. The van der Waals surface area contributed by atoms with E-state index in [1.165, 1.54) is 38.5 Å². The Morgan fingerprint density at radius 2 is 0.803 bits per heavy atom. The molecule has 0 amide bonds. The van der Waals surface area contributed by atoms with Gasteiger partial charge in [-0.15, -0.1) is 0 Å². The highest BCUT2D eigenvalue weighted by Gasteiger charge is 2.21. The first-order valence-corrected chi connectivity index (χ1v) is 29.2. The first-order chi connectivity index (χ1) is 34.5. The van der Waals surface area contributed by atoms with Gasteiger partial charge in [0.05, 0.1) is 27.7 Å². The van der Waals surface area contributed by atoms with Gasteiger partial charge in [0.15, 0.2) is 6.10 Å². The van der Waals surface area contributed by atoms with E-state index in [0.29, 0.717) is 23.9 Å². The van der Waals surface area contributed by atoms with Crippen molar-refractivity contribution >= 4 is 19.8 Å². The van der Waals surface area contributed by atoms with Crippen LogP contribution in [0.15, 0.2) is 122 Å². The quantitative estimate of drug-likeness (QED) is 0.0195. The highest BCUT2D eigenvalue weighted by Crippen LogP contribution is 2.38. The molecule has 0 aliphatic rings. The Balaban J connectivity index is 4.25. The Kier molecular flexibility index (Phi) is 48.7. The van der Waals surface area contributed by atoms with Gasteiger partial charge < -0.3 is 27.9 Å². The number of hydrogen-bond acceptors (Lipinski definition) is 8. The second-order valence-electron chi connectivity index (χ2n) is 19.2. The van der Waals surface area contributed by atoms with Gasteiger partial charge in [-0.05, 0) is 109 Å². The maximum Gasteiger partial charge on any atom is 0.306 e. The number of rotatable bonds is 49. The molecule has 0 radical (unpaired) electrons. The standard InChI is InChI=1S/C61H102NO8P/c1-6-8-10-12-14-16-18-20-22-23-24-25-26-27-28-29-30-31-32-33-34-35-36-37-38-39-40-42-44-46-48-50-52-54-61(64)70-59(58-69-71(65,66)68-56-55-62(3,4)5)57-67-60(63)53-51-49-47-45-43-41-21-19-17-15-13-11-9-7-2/h8,10,14,16,19-22,24-25,27-28,30-31,33-34,36-37,39-40,59H,6-7,9,11-13,15,17-18,23,26,29,32,35,38,41-58H2,1-5H3/b10-8-,16-14-,21-19-,22-20-,25-24-,28-27-,31-30-,34-33-,37-36-,40-39-. The number of allylic oxidation sites excluding steroid dienone is 20. The van der Waals surface area contributed by atoms with Crippen molar-refractivity contribution in [3.63, 3.8) is 0 Å². The molecule has 0 aliphatic carbocycles. The van der Waals surface area contributed by atoms with Crippen LogP contribution >= 0.6 is 7.82 Å². The van der Waals surface area contributed by atoms with Gasteiger partial charge in [0, 0.05) is 12.8 Å². The van der Waals surface area contributed by atoms with Crippen LogP contribution in [-0.2, 0) is 32.7 Å². The molecule has 10 heteroatoms. The van der Waals surface area contributed by atoms with Crippen LogP contribution < -0.4 is 4.89 Å². The lowest BCUT2D eigenvalue weighted by atomic mass is 10.1. The Hall–Kier alpha value is -3.59. The second kappa shape index (κ2) is 51.3. The van der Waals surface area contributed by atoms with Crippen LogP contribution in [0.4, 0.5) is 0 Å². The molecule has 0 saturated heterocycles. The summed E-state index contributed by atoms with van der Waals surface area (Å²) in [6.45, 7) is 4.06. The number of phosphoric acid groups is 1. The van der Waals surface area contributed by atoms with Crippen molar-refractivity contribution in [3.05, 3.63) is 122 Å². The summed E-state index contributed by atoms with van der Waals surface area (Å²) in [6.07, 6.45) is 72.4. The first-order valence-electron chi connectivity index (χ1n) is 27.7. The van der Waals surface area contributed by atoms with Crippen molar-refractivity contribution in [2.24, 2.45) is 0 Å². The number of ether oxygens (including phenoxy) is 2. The molecule has 71 heavy (non-hydrogen) atoms. The van der Waals surface area contributed by atoms with Crippen molar-refractivity contribution < 1.29 is 42.1 Å². The lowest BCUT2D eigenvalue weighted by Gasteiger charge is -2.28. The molecule has 2 unspecified atom stereocenters. The average Bonchev–Trinajstić information content (AvgIpc) is 3.33. The normalized spacial score (nSPS) is 14.3. The van der Waals surface area contributed by atoms with Gasteiger partial charge in [-0.3, -0.25) is 14.2 Å². The van der Waals surface area contributed by atoms with Crippen LogP contribution in [-0.4, -0.2) is 70.0 Å². The summed E-state index contributed by atoms with van der Waals surface area (Å²) in [5.41, 5.74) is 0. The SMILES string of the molecule is CC/C=C\C/C=C\C/C=C\C/C=C\C/C=C\C/C=C\C/C=C\C/C=C\C/C=C\CCCCCCCC(=O)OC(COC(=O)CCCCCCC/C=C\CCCCCCC)COP(=O)([O-])OCC[N+](C)(C)C. The van der Waals surface area contributed by atoms with Crippen LogP contribution in [0.2, 0.25) is 0 Å². The summed E-state index contributed by atoms with van der Waals surface area (Å²) in [5, 5.41) is 0. The van der Waals surface area contributed by atoms with Crippen LogP contribution in [0.3, 0.4) is 0 Å². The minimum Gasteiger partial charge on any atom is -0.756 e. The molecule has 9 nitrogen and oxygen atoms in total. The number of hydrogen-bond donors (Lipinski definition) is 0. The second-order valence-corrected chi connectivity index (χ2v) is 20.6. The molecule has 2 atom stereocenters. The molecule has 0 N–H and O–H groups in total. The van der Waals surface area contributed by atoms with Crippen LogP contribution in [0, 0.1) is 0 Å². The van der Waals surface area contributed by atoms with E-state index in [4.69, 9.17) is 18.5 Å². The Labute approximate surface area is 435 Å². The number of likely N-dealkylation sites (N-methyl/N-ethyl adjacent to an activating group) is 1. The molecule has 0 aromatic heterocycles. The van der Waals surface area contributed by atoms with E-state index >= 15 is 0 Å². The summed E-state index contributed by atoms with van der Waals surface area (Å²) in [6, 6.07) is 0. The van der Waals surface area contributed by atoms with Gasteiger partial charge in [-0.2, -0.15) is 0 Å². The number of phosphoric ester groups is 1. The molecule has 0 rings (SSSR count). The summed E-state index contributed by atoms with van der Waals surface area (Å²) >= 11 is 0. The molecule has 0 heterocycles. The first kappa shape index (κ1) is 67.4. The Morgan fingerprint density at radius 1 is 0.451 bits per heavy atom. The molecule has 0 aromatic rings. The predicted octanol–water partition coefficient (Wildman–Crippen LogP) is 16.6. The highest BCUT2D eigenvalue weighted by atomic mass is 31.2. The summed E-state index contributed by atoms with van der Waals surface area (Å²) < 4.78 is 34.0. The van der Waals surface area contributed by atoms with E-state index in [0.717, 1.165) is 122 Å². The maximum atomic E-state index is 12.8. The average molecular weight is 1010 g/mol. The molecular formula is C61H102NO8P. The van der Waals surface area contributed by atoms with Crippen molar-refractivity contribution in [3.8, 4) is 0 Å². The van der Waals surface area contributed by atoms with Gasteiger partial charge >= 0.3 is 11.9 Å². The molecule has 0 bridgehead atoms. The van der Waals surface area contributed by atoms with Gasteiger partial charge in [0.25, 0.3) is 7.82 Å². The lowest BCUT2D eigenvalue weighted by Crippen LogP contribution is -2.37. The minimum atomic E-state index is -4.65. The van der Waals surface area contributed by atoms with E-state index in [9.17, 15) is 19.0 Å². The fourth-order valence-corrected chi connectivity index (χ4v) is 7.66. The number of nitrogens with zero attached hydrogens (tertiary/aromatic N) is 1. The van der Waals surface area contributed by atoms with Crippen molar-refractivity contribution in [2.75, 3.05) is 47.5 Å². The van der Waals surface area contributed by atoms with Crippen molar-refractivity contribution in [1.82, 2.24) is 0 Å². The third-order valence-corrected chi connectivity index (χ3v) is 12.2. The fraction of sp³-hybridized carbons (Fsp3) is 0.639. The Morgan fingerprint density at radius 3 is 1.21 bits per heavy atom. The zero-order valence-electron chi connectivity index (χ0n) is 45.6. The molecule has 0 fully saturated rings. The maximum absolute atomic E-state index is 12.8. The fourth-order valence-electron chi connectivity index (χ4n) is 6.94. The smallest absolute Gasteiger partial charge is 0.306 e. The van der Waals surface area contributed by atoms with Crippen LogP contribution in [0.1, 0.15) is 200 Å². The number of esters is 2. The monoisotopic (exact) mass is 1010 g/mol. The van der Waals surface area contributed by atoms with E-state index < -0.39 is 32.5 Å². The summed E-state index contributed by atoms with van der Waals surface area (Å²) in [7, 11) is 1.13. The molecule has 0 aliphatic heterocycles. The molecule has 0 saturated carbocycles. The zero-order chi connectivity index (χ0) is 52.0. The number of quaternary nitrogens is 1. The Bertz CT molecular complexity index is 1610. The third-order valence-electron chi connectivity index (χ3n) is 11.2. The zero-order valence-corrected chi connectivity index (χ0v) is 46.5. The predicted molar refractivity (Wildman–Crippen MR) is 300 cm³/mol. The van der Waals surface area contributed by atoms with Gasteiger partial charge in [0.1, 0.15) is 19.8 Å². The largest absolute Gasteiger partial charge is 0.756 e.